The normalized spacial score (nSPS) is 30.7. The Labute approximate surface area is 195 Å². The van der Waals surface area contributed by atoms with Crippen LogP contribution >= 0.6 is 0 Å². The van der Waals surface area contributed by atoms with Crippen molar-refractivity contribution in [3.8, 4) is 0 Å². The Morgan fingerprint density at radius 3 is 2.27 bits per heavy atom. The minimum absolute atomic E-state index is 0.0133. The third kappa shape index (κ3) is 5.14. The van der Waals surface area contributed by atoms with E-state index in [1.165, 1.54) is 19.3 Å². The molecule has 4 aliphatic carbocycles. The van der Waals surface area contributed by atoms with Crippen LogP contribution in [0.1, 0.15) is 57.8 Å². The molecule has 4 saturated carbocycles. The first-order valence-electron chi connectivity index (χ1n) is 12.5. The molecule has 178 valence electrons. The van der Waals surface area contributed by atoms with Crippen LogP contribution in [0.25, 0.3) is 0 Å². The summed E-state index contributed by atoms with van der Waals surface area (Å²) in [7, 11) is 0. The number of pyridine rings is 1. The number of likely N-dealkylation sites (tertiary alicyclic amines) is 1. The fraction of sp³-hybridized carbons (Fsp3) is 0.680. The molecule has 1 aliphatic heterocycles. The summed E-state index contributed by atoms with van der Waals surface area (Å²) in [5, 5.41) is 9.05. The van der Waals surface area contributed by atoms with E-state index in [1.54, 1.807) is 18.3 Å². The van der Waals surface area contributed by atoms with E-state index in [0.717, 1.165) is 37.0 Å². The molecule has 8 nitrogen and oxygen atoms in total. The molecule has 8 heteroatoms. The number of nitrogens with zero attached hydrogens (tertiary/aromatic N) is 2. The summed E-state index contributed by atoms with van der Waals surface area (Å²) in [6.45, 7) is 1.48. The minimum Gasteiger partial charge on any atom is -0.343 e. The summed E-state index contributed by atoms with van der Waals surface area (Å²) in [4.78, 5) is 43.5. The fourth-order valence-corrected chi connectivity index (χ4v) is 7.05. The van der Waals surface area contributed by atoms with Gasteiger partial charge in [-0.05, 0) is 81.3 Å². The van der Waals surface area contributed by atoms with E-state index in [-0.39, 0.29) is 29.3 Å². The number of hydrogen-bond donors (Lipinski definition) is 3. The van der Waals surface area contributed by atoms with Gasteiger partial charge in [-0.3, -0.25) is 9.59 Å². The van der Waals surface area contributed by atoms with Crippen molar-refractivity contribution in [1.29, 1.82) is 0 Å². The summed E-state index contributed by atoms with van der Waals surface area (Å²) in [6, 6.07) is 5.28. The maximum atomic E-state index is 12.6. The van der Waals surface area contributed by atoms with Gasteiger partial charge in [-0.1, -0.05) is 6.07 Å². The van der Waals surface area contributed by atoms with Gasteiger partial charge < -0.3 is 20.9 Å². The van der Waals surface area contributed by atoms with E-state index in [9.17, 15) is 14.4 Å². The predicted octanol–water partition coefficient (Wildman–Crippen LogP) is 2.92. The number of carbonyl (C=O) groups excluding carboxylic acids is 3. The van der Waals surface area contributed by atoms with Crippen molar-refractivity contribution >= 4 is 23.7 Å². The second kappa shape index (κ2) is 9.31. The summed E-state index contributed by atoms with van der Waals surface area (Å²) < 4.78 is 0. The minimum atomic E-state index is -0.130. The number of hydrogen-bond acceptors (Lipinski definition) is 4. The van der Waals surface area contributed by atoms with Crippen LogP contribution in [-0.2, 0) is 9.59 Å². The first-order chi connectivity index (χ1) is 16.0. The summed E-state index contributed by atoms with van der Waals surface area (Å²) in [5.41, 5.74) is -0.0133. The van der Waals surface area contributed by atoms with Crippen LogP contribution in [0.2, 0.25) is 0 Å². The van der Waals surface area contributed by atoms with E-state index in [0.29, 0.717) is 44.7 Å². The Kier molecular flexibility index (Phi) is 6.25. The standard InChI is InChI=1S/C25H35N5O3/c31-22(30-9-5-20(6-10-30)23(32)28-21-3-1-2-7-26-21)4-8-27-24(33)29-25-14-17-11-18(15-25)13-19(12-17)16-25/h1-3,7,17-20H,4-6,8-16H2,(H,26,28,32)(H2,27,29,33). The van der Waals surface area contributed by atoms with Gasteiger partial charge in [0.15, 0.2) is 0 Å². The topological polar surface area (TPSA) is 103 Å². The van der Waals surface area contributed by atoms with Gasteiger partial charge in [0.1, 0.15) is 5.82 Å². The van der Waals surface area contributed by atoms with E-state index in [1.807, 2.05) is 11.0 Å². The number of rotatable bonds is 6. The first kappa shape index (κ1) is 22.2. The monoisotopic (exact) mass is 453 g/mol. The molecule has 4 amide bonds. The zero-order valence-corrected chi connectivity index (χ0v) is 19.2. The van der Waals surface area contributed by atoms with Crippen molar-refractivity contribution in [2.24, 2.45) is 23.7 Å². The summed E-state index contributed by atoms with van der Waals surface area (Å²) in [6.07, 6.45) is 10.6. The number of urea groups is 1. The highest BCUT2D eigenvalue weighted by molar-refractivity contribution is 5.91. The largest absolute Gasteiger partial charge is 0.343 e. The smallest absolute Gasteiger partial charge is 0.315 e. The molecule has 1 aromatic heterocycles. The average molecular weight is 454 g/mol. The van der Waals surface area contributed by atoms with Crippen molar-refractivity contribution in [3.05, 3.63) is 24.4 Å². The quantitative estimate of drug-likeness (QED) is 0.616. The third-order valence-corrected chi connectivity index (χ3v) is 8.18. The van der Waals surface area contributed by atoms with Gasteiger partial charge >= 0.3 is 6.03 Å². The van der Waals surface area contributed by atoms with Crippen molar-refractivity contribution < 1.29 is 14.4 Å². The van der Waals surface area contributed by atoms with Crippen LogP contribution in [0.15, 0.2) is 24.4 Å². The van der Waals surface area contributed by atoms with Crippen LogP contribution in [0.4, 0.5) is 10.6 Å². The van der Waals surface area contributed by atoms with E-state index in [4.69, 9.17) is 0 Å². The maximum absolute atomic E-state index is 12.6. The Balaban J connectivity index is 1.01. The van der Waals surface area contributed by atoms with Gasteiger partial charge in [0.25, 0.3) is 0 Å². The van der Waals surface area contributed by atoms with Gasteiger partial charge in [0, 0.05) is 43.7 Å². The lowest BCUT2D eigenvalue weighted by molar-refractivity contribution is -0.134. The maximum Gasteiger partial charge on any atom is 0.315 e. The highest BCUT2D eigenvalue weighted by Gasteiger charge is 2.51. The van der Waals surface area contributed by atoms with Crippen molar-refractivity contribution in [3.63, 3.8) is 0 Å². The number of anilines is 1. The first-order valence-corrected chi connectivity index (χ1v) is 12.5. The molecule has 3 N–H and O–H groups in total. The molecule has 0 atom stereocenters. The lowest BCUT2D eigenvalue weighted by Gasteiger charge is -2.56. The molecular weight excluding hydrogens is 418 g/mol. The molecule has 1 saturated heterocycles. The molecule has 0 aromatic carbocycles. The van der Waals surface area contributed by atoms with Crippen molar-refractivity contribution in [2.45, 2.75) is 63.3 Å². The number of carbonyl (C=O) groups is 3. The molecule has 4 bridgehead atoms. The fourth-order valence-electron chi connectivity index (χ4n) is 7.05. The Morgan fingerprint density at radius 1 is 1.00 bits per heavy atom. The molecule has 0 radical (unpaired) electrons. The van der Waals surface area contributed by atoms with Gasteiger partial charge in [0.05, 0.1) is 0 Å². The SMILES string of the molecule is O=C(NCCC(=O)N1CCC(C(=O)Nc2ccccn2)CC1)NC12CC3CC(CC(C3)C1)C2. The zero-order chi connectivity index (χ0) is 22.8. The molecule has 1 aromatic rings. The summed E-state index contributed by atoms with van der Waals surface area (Å²) in [5.74, 6) is 2.79. The molecule has 6 rings (SSSR count). The molecule has 5 fully saturated rings. The second-order valence-electron chi connectivity index (χ2n) is 10.7. The number of aromatic nitrogens is 1. The molecule has 0 spiro atoms. The van der Waals surface area contributed by atoms with Gasteiger partial charge in [-0.25, -0.2) is 9.78 Å². The van der Waals surface area contributed by atoms with Gasteiger partial charge in [-0.2, -0.15) is 0 Å². The highest BCUT2D eigenvalue weighted by atomic mass is 16.2. The molecular formula is C25H35N5O3. The Morgan fingerprint density at radius 2 is 1.67 bits per heavy atom. The van der Waals surface area contributed by atoms with Gasteiger partial charge in [0.2, 0.25) is 11.8 Å². The van der Waals surface area contributed by atoms with Gasteiger partial charge in [-0.15, -0.1) is 0 Å². The van der Waals surface area contributed by atoms with E-state index < -0.39 is 0 Å². The molecule has 5 aliphatic rings. The number of nitrogens with one attached hydrogen (secondary N) is 3. The van der Waals surface area contributed by atoms with E-state index in [2.05, 4.69) is 20.9 Å². The Hall–Kier alpha value is -2.64. The lowest BCUT2D eigenvalue weighted by atomic mass is 9.53. The predicted molar refractivity (Wildman–Crippen MR) is 124 cm³/mol. The zero-order valence-electron chi connectivity index (χ0n) is 19.2. The molecule has 33 heavy (non-hydrogen) atoms. The number of amides is 4. The molecule has 2 heterocycles. The van der Waals surface area contributed by atoms with Crippen molar-refractivity contribution in [2.75, 3.05) is 25.0 Å². The lowest BCUT2D eigenvalue weighted by Crippen LogP contribution is -2.61. The summed E-state index contributed by atoms with van der Waals surface area (Å²) >= 11 is 0. The molecule has 0 unspecified atom stereocenters. The highest BCUT2D eigenvalue weighted by Crippen LogP contribution is 2.55. The van der Waals surface area contributed by atoms with Crippen LogP contribution in [-0.4, -0.2) is 52.9 Å². The Bertz CT molecular complexity index is 846. The second-order valence-corrected chi connectivity index (χ2v) is 10.7. The third-order valence-electron chi connectivity index (χ3n) is 8.18. The van der Waals surface area contributed by atoms with Crippen LogP contribution in [0.5, 0.6) is 0 Å². The van der Waals surface area contributed by atoms with Crippen LogP contribution in [0.3, 0.4) is 0 Å². The number of piperidine rings is 1. The van der Waals surface area contributed by atoms with Crippen molar-refractivity contribution in [1.82, 2.24) is 20.5 Å². The van der Waals surface area contributed by atoms with E-state index >= 15 is 0 Å². The van der Waals surface area contributed by atoms with Crippen LogP contribution in [0, 0.1) is 23.7 Å². The van der Waals surface area contributed by atoms with Crippen LogP contribution < -0.4 is 16.0 Å². The average Bonchev–Trinajstić information content (AvgIpc) is 2.78.